The fourth-order valence-electron chi connectivity index (χ4n) is 3.01. The van der Waals surface area contributed by atoms with Gasteiger partial charge in [-0.1, -0.05) is 11.6 Å². The molecule has 1 aromatic carbocycles. The number of piperazine rings is 1. The van der Waals surface area contributed by atoms with Crippen LogP contribution >= 0.6 is 22.9 Å². The standard InChI is InChI=1S/C17H17ClN4OS/c18-13-1-3-15(4-2-13)21-7-5-20(6-8-21)12-14-11-16(23)22-9-10-24-17(22)19-14/h1-4,9-11H,5-8,12H2. The van der Waals surface area contributed by atoms with E-state index in [1.54, 1.807) is 16.7 Å². The molecule has 24 heavy (non-hydrogen) atoms. The first kappa shape index (κ1) is 15.6. The summed E-state index contributed by atoms with van der Waals surface area (Å²) >= 11 is 7.44. The predicted octanol–water partition coefficient (Wildman–Crippen LogP) is 2.73. The molecule has 1 aliphatic heterocycles. The van der Waals surface area contributed by atoms with Gasteiger partial charge in [-0.3, -0.25) is 14.1 Å². The van der Waals surface area contributed by atoms with E-state index in [-0.39, 0.29) is 5.56 Å². The van der Waals surface area contributed by atoms with Gasteiger partial charge >= 0.3 is 0 Å². The van der Waals surface area contributed by atoms with Crippen molar-refractivity contribution in [1.29, 1.82) is 0 Å². The monoisotopic (exact) mass is 360 g/mol. The molecule has 1 aliphatic rings. The SMILES string of the molecule is O=c1cc(CN2CCN(c3ccc(Cl)cc3)CC2)nc2sccn12. The van der Waals surface area contributed by atoms with Crippen LogP contribution in [0.3, 0.4) is 0 Å². The van der Waals surface area contributed by atoms with Gasteiger partial charge in [0.25, 0.3) is 5.56 Å². The Morgan fingerprint density at radius 3 is 2.62 bits per heavy atom. The van der Waals surface area contributed by atoms with Crippen molar-refractivity contribution in [3.05, 3.63) is 63.0 Å². The Labute approximate surface area is 148 Å². The summed E-state index contributed by atoms with van der Waals surface area (Å²) in [5.41, 5.74) is 2.05. The van der Waals surface area contributed by atoms with Crippen molar-refractivity contribution in [2.24, 2.45) is 0 Å². The molecule has 0 amide bonds. The molecule has 0 N–H and O–H groups in total. The summed E-state index contributed by atoms with van der Waals surface area (Å²) in [6.45, 7) is 4.55. The number of hydrogen-bond donors (Lipinski definition) is 0. The fraction of sp³-hybridized carbons (Fsp3) is 0.294. The highest BCUT2D eigenvalue weighted by Gasteiger charge is 2.18. The summed E-state index contributed by atoms with van der Waals surface area (Å²) in [5.74, 6) is 0. The largest absolute Gasteiger partial charge is 0.369 e. The maximum absolute atomic E-state index is 12.1. The number of anilines is 1. The van der Waals surface area contributed by atoms with E-state index in [2.05, 4.69) is 26.9 Å². The van der Waals surface area contributed by atoms with Gasteiger partial charge in [-0.05, 0) is 24.3 Å². The van der Waals surface area contributed by atoms with Crippen LogP contribution in [0.5, 0.6) is 0 Å². The maximum atomic E-state index is 12.1. The van der Waals surface area contributed by atoms with Crippen LogP contribution in [0.25, 0.3) is 4.96 Å². The second-order valence-corrected chi connectivity index (χ2v) is 7.19. The van der Waals surface area contributed by atoms with Gasteiger partial charge in [0.15, 0.2) is 4.96 Å². The molecular formula is C17H17ClN4OS. The lowest BCUT2D eigenvalue weighted by Crippen LogP contribution is -2.46. The second kappa shape index (κ2) is 6.55. The molecule has 2 aromatic heterocycles. The average molecular weight is 361 g/mol. The first-order chi connectivity index (χ1) is 11.7. The fourth-order valence-corrected chi connectivity index (χ4v) is 3.88. The molecule has 7 heteroatoms. The van der Waals surface area contributed by atoms with E-state index in [1.807, 2.05) is 17.5 Å². The Bertz CT molecular complexity index is 897. The van der Waals surface area contributed by atoms with Crippen molar-refractivity contribution < 1.29 is 0 Å². The minimum atomic E-state index is -0.00366. The lowest BCUT2D eigenvalue weighted by molar-refractivity contribution is 0.247. The average Bonchev–Trinajstić information content (AvgIpc) is 3.05. The molecule has 3 heterocycles. The predicted molar refractivity (Wildman–Crippen MR) is 98.3 cm³/mol. The van der Waals surface area contributed by atoms with E-state index in [0.29, 0.717) is 0 Å². The van der Waals surface area contributed by atoms with Gasteiger partial charge in [0.1, 0.15) is 0 Å². The Hall–Kier alpha value is -1.89. The number of rotatable bonds is 3. The third-order valence-electron chi connectivity index (χ3n) is 4.31. The molecule has 0 unspecified atom stereocenters. The molecule has 3 aromatic rings. The van der Waals surface area contributed by atoms with Gasteiger partial charge in [0, 0.05) is 61.1 Å². The highest BCUT2D eigenvalue weighted by atomic mass is 35.5. The molecule has 0 radical (unpaired) electrons. The Kier molecular flexibility index (Phi) is 4.26. The molecule has 124 valence electrons. The van der Waals surface area contributed by atoms with Crippen LogP contribution in [-0.2, 0) is 6.54 Å². The van der Waals surface area contributed by atoms with Crippen molar-refractivity contribution >= 4 is 33.6 Å². The number of hydrogen-bond acceptors (Lipinski definition) is 5. The van der Waals surface area contributed by atoms with Crippen molar-refractivity contribution in [1.82, 2.24) is 14.3 Å². The Balaban J connectivity index is 1.42. The number of nitrogens with zero attached hydrogens (tertiary/aromatic N) is 4. The third kappa shape index (κ3) is 3.17. The van der Waals surface area contributed by atoms with Gasteiger partial charge in [-0.15, -0.1) is 11.3 Å². The Morgan fingerprint density at radius 1 is 1.12 bits per heavy atom. The minimum Gasteiger partial charge on any atom is -0.369 e. The lowest BCUT2D eigenvalue weighted by Gasteiger charge is -2.35. The van der Waals surface area contributed by atoms with Crippen LogP contribution in [-0.4, -0.2) is 40.5 Å². The Morgan fingerprint density at radius 2 is 1.88 bits per heavy atom. The zero-order valence-electron chi connectivity index (χ0n) is 13.1. The third-order valence-corrected chi connectivity index (χ3v) is 5.31. The lowest BCUT2D eigenvalue weighted by atomic mass is 10.2. The van der Waals surface area contributed by atoms with E-state index >= 15 is 0 Å². The molecule has 0 aliphatic carbocycles. The molecule has 0 saturated carbocycles. The van der Waals surface area contributed by atoms with E-state index in [9.17, 15) is 4.79 Å². The molecule has 5 nitrogen and oxygen atoms in total. The van der Waals surface area contributed by atoms with E-state index in [4.69, 9.17) is 11.6 Å². The molecular weight excluding hydrogens is 344 g/mol. The maximum Gasteiger partial charge on any atom is 0.258 e. The van der Waals surface area contributed by atoms with Crippen LogP contribution in [0.2, 0.25) is 5.02 Å². The van der Waals surface area contributed by atoms with Gasteiger partial charge in [-0.25, -0.2) is 4.98 Å². The summed E-state index contributed by atoms with van der Waals surface area (Å²) in [5, 5.41) is 2.65. The van der Waals surface area contributed by atoms with Crippen molar-refractivity contribution in [2.45, 2.75) is 6.54 Å². The number of thiazole rings is 1. The van der Waals surface area contributed by atoms with Gasteiger partial charge in [0.05, 0.1) is 5.69 Å². The summed E-state index contributed by atoms with van der Waals surface area (Å²) < 4.78 is 1.59. The number of fused-ring (bicyclic) bond motifs is 1. The van der Waals surface area contributed by atoms with Crippen LogP contribution in [0.4, 0.5) is 5.69 Å². The van der Waals surface area contributed by atoms with Gasteiger partial charge < -0.3 is 4.90 Å². The van der Waals surface area contributed by atoms with E-state index in [1.165, 1.54) is 17.0 Å². The smallest absolute Gasteiger partial charge is 0.258 e. The van der Waals surface area contributed by atoms with Gasteiger partial charge in [0.2, 0.25) is 0 Å². The van der Waals surface area contributed by atoms with Crippen molar-refractivity contribution in [2.75, 3.05) is 31.1 Å². The van der Waals surface area contributed by atoms with Crippen molar-refractivity contribution in [3.63, 3.8) is 0 Å². The molecule has 1 fully saturated rings. The first-order valence-electron chi connectivity index (χ1n) is 7.88. The van der Waals surface area contributed by atoms with E-state index < -0.39 is 0 Å². The summed E-state index contributed by atoms with van der Waals surface area (Å²) in [4.78, 5) is 22.1. The summed E-state index contributed by atoms with van der Waals surface area (Å²) in [7, 11) is 0. The zero-order chi connectivity index (χ0) is 16.5. The molecule has 1 saturated heterocycles. The highest BCUT2D eigenvalue weighted by molar-refractivity contribution is 7.15. The topological polar surface area (TPSA) is 40.9 Å². The molecule has 0 spiro atoms. The molecule has 0 atom stereocenters. The first-order valence-corrected chi connectivity index (χ1v) is 9.13. The van der Waals surface area contributed by atoms with Crippen LogP contribution in [0.15, 0.2) is 46.7 Å². The summed E-state index contributed by atoms with van der Waals surface area (Å²) in [6, 6.07) is 9.62. The van der Waals surface area contributed by atoms with Crippen LogP contribution in [0, 0.1) is 0 Å². The van der Waals surface area contributed by atoms with Crippen LogP contribution < -0.4 is 10.5 Å². The van der Waals surface area contributed by atoms with E-state index in [0.717, 1.165) is 48.4 Å². The number of halogens is 1. The summed E-state index contributed by atoms with van der Waals surface area (Å²) in [6.07, 6.45) is 1.77. The quantitative estimate of drug-likeness (QED) is 0.720. The van der Waals surface area contributed by atoms with Crippen LogP contribution in [0.1, 0.15) is 5.69 Å². The molecule has 4 rings (SSSR count). The zero-order valence-corrected chi connectivity index (χ0v) is 14.6. The number of benzene rings is 1. The molecule has 0 bridgehead atoms. The normalized spacial score (nSPS) is 16.0. The number of aromatic nitrogens is 2. The van der Waals surface area contributed by atoms with Crippen molar-refractivity contribution in [3.8, 4) is 0 Å². The second-order valence-electron chi connectivity index (χ2n) is 5.88. The van der Waals surface area contributed by atoms with Gasteiger partial charge in [-0.2, -0.15) is 0 Å². The highest BCUT2D eigenvalue weighted by Crippen LogP contribution is 2.20. The minimum absolute atomic E-state index is 0.00366.